The molecule has 1 heterocycles. The van der Waals surface area contributed by atoms with Gasteiger partial charge in [0.2, 0.25) is 0 Å². The van der Waals surface area contributed by atoms with Crippen LogP contribution < -0.4 is 5.32 Å². The van der Waals surface area contributed by atoms with E-state index in [0.717, 1.165) is 12.5 Å². The van der Waals surface area contributed by atoms with Gasteiger partial charge in [-0.2, -0.15) is 0 Å². The topological polar surface area (TPSA) is 12.0 Å². The van der Waals surface area contributed by atoms with Crippen LogP contribution in [0.3, 0.4) is 0 Å². The monoisotopic (exact) mass is 279 g/mol. The lowest BCUT2D eigenvalue weighted by Crippen LogP contribution is -2.37. The van der Waals surface area contributed by atoms with Gasteiger partial charge in [0.05, 0.1) is 0 Å². The van der Waals surface area contributed by atoms with Gasteiger partial charge in [-0.25, -0.2) is 0 Å². The van der Waals surface area contributed by atoms with Crippen molar-refractivity contribution in [2.24, 2.45) is 5.92 Å². The Morgan fingerprint density at radius 2 is 1.79 bits per heavy atom. The number of thiophene rings is 1. The maximum Gasteiger partial charge on any atom is 0.0143 e. The second-order valence-corrected chi connectivity index (χ2v) is 7.09. The summed E-state index contributed by atoms with van der Waals surface area (Å²) in [7, 11) is 0. The Morgan fingerprint density at radius 1 is 1.11 bits per heavy atom. The molecule has 19 heavy (non-hydrogen) atoms. The molecule has 0 saturated heterocycles. The Hall–Kier alpha value is -0.340. The standard InChI is InChI=1S/C17H29NS/c1-3-15-11-12-16(19-15)13-17(18-4-2)14-9-7-5-6-8-10-14/h11-12,14,17-18H,3-10,13H2,1-2H3. The number of rotatable bonds is 6. The summed E-state index contributed by atoms with van der Waals surface area (Å²) in [6.07, 6.45) is 11.1. The lowest BCUT2D eigenvalue weighted by Gasteiger charge is -2.26. The van der Waals surface area contributed by atoms with Gasteiger partial charge in [-0.1, -0.05) is 39.5 Å². The SMILES string of the molecule is CCNC(Cc1ccc(CC)s1)C1CCCCCC1. The van der Waals surface area contributed by atoms with Crippen LogP contribution in [0.1, 0.15) is 62.1 Å². The molecule has 0 bridgehead atoms. The summed E-state index contributed by atoms with van der Waals surface area (Å²) in [4.78, 5) is 3.11. The summed E-state index contributed by atoms with van der Waals surface area (Å²) in [5, 5.41) is 3.76. The van der Waals surface area contributed by atoms with Crippen LogP contribution in [-0.2, 0) is 12.8 Å². The molecule has 0 aromatic carbocycles. The van der Waals surface area contributed by atoms with Crippen molar-refractivity contribution in [3.05, 3.63) is 21.9 Å². The van der Waals surface area contributed by atoms with E-state index >= 15 is 0 Å². The summed E-state index contributed by atoms with van der Waals surface area (Å²) in [6.45, 7) is 5.60. The van der Waals surface area contributed by atoms with Gasteiger partial charge in [-0.15, -0.1) is 11.3 Å². The first kappa shape index (κ1) is 15.1. The average molecular weight is 279 g/mol. The molecule has 1 fully saturated rings. The normalized spacial score (nSPS) is 19.3. The van der Waals surface area contributed by atoms with E-state index in [-0.39, 0.29) is 0 Å². The summed E-state index contributed by atoms with van der Waals surface area (Å²) in [5.41, 5.74) is 0. The van der Waals surface area contributed by atoms with E-state index in [1.807, 2.05) is 11.3 Å². The van der Waals surface area contributed by atoms with E-state index in [9.17, 15) is 0 Å². The molecular weight excluding hydrogens is 250 g/mol. The maximum atomic E-state index is 3.76. The summed E-state index contributed by atoms with van der Waals surface area (Å²) in [5.74, 6) is 0.898. The van der Waals surface area contributed by atoms with Crippen LogP contribution in [0.2, 0.25) is 0 Å². The first-order chi connectivity index (χ1) is 9.33. The van der Waals surface area contributed by atoms with Gasteiger partial charge >= 0.3 is 0 Å². The first-order valence-electron chi connectivity index (χ1n) is 8.14. The highest BCUT2D eigenvalue weighted by Gasteiger charge is 2.22. The van der Waals surface area contributed by atoms with E-state index in [2.05, 4.69) is 31.3 Å². The number of likely N-dealkylation sites (N-methyl/N-ethyl adjacent to an activating group) is 1. The smallest absolute Gasteiger partial charge is 0.0143 e. The van der Waals surface area contributed by atoms with Crippen LogP contribution in [0.4, 0.5) is 0 Å². The quantitative estimate of drug-likeness (QED) is 0.737. The van der Waals surface area contributed by atoms with Crippen molar-refractivity contribution in [1.82, 2.24) is 5.32 Å². The molecule has 1 atom stereocenters. The van der Waals surface area contributed by atoms with E-state index in [0.29, 0.717) is 6.04 Å². The molecule has 1 aromatic rings. The van der Waals surface area contributed by atoms with Crippen LogP contribution in [0.25, 0.3) is 0 Å². The van der Waals surface area contributed by atoms with E-state index in [4.69, 9.17) is 0 Å². The fraction of sp³-hybridized carbons (Fsp3) is 0.765. The predicted molar refractivity (Wildman–Crippen MR) is 86.1 cm³/mol. The molecular formula is C17H29NS. The van der Waals surface area contributed by atoms with Crippen molar-refractivity contribution >= 4 is 11.3 Å². The van der Waals surface area contributed by atoms with Crippen molar-refractivity contribution in [3.63, 3.8) is 0 Å². The van der Waals surface area contributed by atoms with Crippen LogP contribution in [0.5, 0.6) is 0 Å². The number of hydrogen-bond donors (Lipinski definition) is 1. The highest BCUT2D eigenvalue weighted by Crippen LogP contribution is 2.28. The molecule has 1 N–H and O–H groups in total. The third-order valence-electron chi connectivity index (χ3n) is 4.42. The molecule has 1 saturated carbocycles. The minimum absolute atomic E-state index is 0.700. The Balaban J connectivity index is 1.97. The lowest BCUT2D eigenvalue weighted by atomic mass is 9.89. The van der Waals surface area contributed by atoms with E-state index in [1.165, 1.54) is 56.2 Å². The highest BCUT2D eigenvalue weighted by molar-refractivity contribution is 7.11. The average Bonchev–Trinajstić information content (AvgIpc) is 2.71. The van der Waals surface area contributed by atoms with Gasteiger partial charge < -0.3 is 5.32 Å². The molecule has 0 amide bonds. The predicted octanol–water partition coefficient (Wildman–Crippen LogP) is 4.80. The third-order valence-corrected chi connectivity index (χ3v) is 5.67. The molecule has 2 heteroatoms. The minimum atomic E-state index is 0.700. The molecule has 0 aliphatic heterocycles. The zero-order valence-electron chi connectivity index (χ0n) is 12.6. The Labute approximate surface area is 122 Å². The van der Waals surface area contributed by atoms with Gasteiger partial charge in [0.15, 0.2) is 0 Å². The zero-order valence-corrected chi connectivity index (χ0v) is 13.4. The summed E-state index contributed by atoms with van der Waals surface area (Å²) >= 11 is 2.02. The molecule has 1 unspecified atom stereocenters. The van der Waals surface area contributed by atoms with Crippen molar-refractivity contribution < 1.29 is 0 Å². The van der Waals surface area contributed by atoms with Crippen LogP contribution in [0.15, 0.2) is 12.1 Å². The number of hydrogen-bond acceptors (Lipinski definition) is 2. The fourth-order valence-corrected chi connectivity index (χ4v) is 4.34. The van der Waals surface area contributed by atoms with Crippen LogP contribution in [0, 0.1) is 5.92 Å². The van der Waals surface area contributed by atoms with Crippen LogP contribution in [-0.4, -0.2) is 12.6 Å². The summed E-state index contributed by atoms with van der Waals surface area (Å²) in [6, 6.07) is 5.37. The Morgan fingerprint density at radius 3 is 2.37 bits per heavy atom. The second-order valence-electron chi connectivity index (χ2n) is 5.84. The number of aryl methyl sites for hydroxylation is 1. The molecule has 0 spiro atoms. The number of nitrogens with one attached hydrogen (secondary N) is 1. The van der Waals surface area contributed by atoms with Crippen molar-refractivity contribution in [1.29, 1.82) is 0 Å². The van der Waals surface area contributed by atoms with Gasteiger partial charge in [-0.05, 0) is 50.3 Å². The van der Waals surface area contributed by atoms with E-state index < -0.39 is 0 Å². The van der Waals surface area contributed by atoms with E-state index in [1.54, 1.807) is 4.88 Å². The van der Waals surface area contributed by atoms with Crippen molar-refractivity contribution in [3.8, 4) is 0 Å². The Kier molecular flexibility index (Phi) is 6.39. The second kappa shape index (κ2) is 8.06. The van der Waals surface area contributed by atoms with Crippen LogP contribution >= 0.6 is 11.3 Å². The third kappa shape index (κ3) is 4.61. The largest absolute Gasteiger partial charge is 0.314 e. The van der Waals surface area contributed by atoms with Gasteiger partial charge in [0.1, 0.15) is 0 Å². The molecule has 1 aromatic heterocycles. The van der Waals surface area contributed by atoms with Gasteiger partial charge in [0.25, 0.3) is 0 Å². The molecule has 0 radical (unpaired) electrons. The molecule has 1 aliphatic carbocycles. The highest BCUT2D eigenvalue weighted by atomic mass is 32.1. The molecule has 2 rings (SSSR count). The minimum Gasteiger partial charge on any atom is -0.314 e. The first-order valence-corrected chi connectivity index (χ1v) is 8.96. The van der Waals surface area contributed by atoms with Gasteiger partial charge in [-0.3, -0.25) is 0 Å². The van der Waals surface area contributed by atoms with Gasteiger partial charge in [0, 0.05) is 15.8 Å². The summed E-state index contributed by atoms with van der Waals surface area (Å²) < 4.78 is 0. The fourth-order valence-electron chi connectivity index (χ4n) is 3.32. The zero-order chi connectivity index (χ0) is 13.5. The molecule has 108 valence electrons. The van der Waals surface area contributed by atoms with Crippen molar-refractivity contribution in [2.75, 3.05) is 6.54 Å². The lowest BCUT2D eigenvalue weighted by molar-refractivity contribution is 0.323. The molecule has 1 nitrogen and oxygen atoms in total. The molecule has 1 aliphatic rings. The Bertz CT molecular complexity index is 350. The van der Waals surface area contributed by atoms with Crippen molar-refractivity contribution in [2.45, 2.75) is 71.3 Å². The maximum absolute atomic E-state index is 3.76.